The zero-order valence-electron chi connectivity index (χ0n) is 14.9. The first-order valence-corrected chi connectivity index (χ1v) is 9.18. The predicted octanol–water partition coefficient (Wildman–Crippen LogP) is 5.66. The molecule has 146 valence electrons. The van der Waals surface area contributed by atoms with Crippen LogP contribution in [0.25, 0.3) is 0 Å². The molecule has 2 atom stereocenters. The van der Waals surface area contributed by atoms with Crippen molar-refractivity contribution in [1.82, 2.24) is 0 Å². The summed E-state index contributed by atoms with van der Waals surface area (Å²) < 4.78 is 53.9. The molecule has 3 nitrogen and oxygen atoms in total. The number of nitrogens with one attached hydrogen (secondary N) is 1. The minimum Gasteiger partial charge on any atom is -0.497 e. The fourth-order valence-electron chi connectivity index (χ4n) is 3.09. The van der Waals surface area contributed by atoms with E-state index in [-0.39, 0.29) is 16.5 Å². The Morgan fingerprint density at radius 1 is 1.18 bits per heavy atom. The van der Waals surface area contributed by atoms with Crippen molar-refractivity contribution in [3.05, 3.63) is 58.6 Å². The Bertz CT molecular complexity index is 945. The Balaban J connectivity index is 1.84. The SMILES string of the molecule is COc1ccc(C2Nc3ccc(Cl)cc3[C@](C#CC3CC3)(C(F)(F)F)O2)cc1. The molecule has 2 aromatic carbocycles. The largest absolute Gasteiger partial charge is 0.497 e. The fraction of sp³-hybridized carbons (Fsp3) is 0.333. The van der Waals surface area contributed by atoms with E-state index in [2.05, 4.69) is 17.2 Å². The number of rotatable bonds is 2. The minimum absolute atomic E-state index is 0.0141. The average molecular weight is 408 g/mol. The van der Waals surface area contributed by atoms with Crippen LogP contribution in [0.5, 0.6) is 5.75 Å². The van der Waals surface area contributed by atoms with E-state index in [4.69, 9.17) is 21.1 Å². The van der Waals surface area contributed by atoms with Crippen molar-refractivity contribution >= 4 is 17.3 Å². The normalized spacial score (nSPS) is 23.8. The van der Waals surface area contributed by atoms with Crippen LogP contribution in [0.2, 0.25) is 5.02 Å². The van der Waals surface area contributed by atoms with Gasteiger partial charge in [-0.05, 0) is 43.2 Å². The van der Waals surface area contributed by atoms with Gasteiger partial charge in [-0.2, -0.15) is 13.2 Å². The number of halogens is 4. The van der Waals surface area contributed by atoms with Crippen LogP contribution in [-0.2, 0) is 10.3 Å². The highest BCUT2D eigenvalue weighted by Gasteiger charge is 2.61. The molecule has 4 rings (SSSR count). The maximum atomic E-state index is 14.4. The van der Waals surface area contributed by atoms with E-state index in [0.717, 1.165) is 12.8 Å². The summed E-state index contributed by atoms with van der Waals surface area (Å²) >= 11 is 6.00. The van der Waals surface area contributed by atoms with Gasteiger partial charge >= 0.3 is 6.18 Å². The molecule has 1 fully saturated rings. The van der Waals surface area contributed by atoms with E-state index in [1.165, 1.54) is 19.2 Å². The van der Waals surface area contributed by atoms with Crippen molar-refractivity contribution in [1.29, 1.82) is 0 Å². The van der Waals surface area contributed by atoms with Gasteiger partial charge in [-0.15, -0.1) is 0 Å². The number of ether oxygens (including phenoxy) is 2. The van der Waals surface area contributed by atoms with E-state index in [1.807, 2.05) is 0 Å². The van der Waals surface area contributed by atoms with E-state index in [0.29, 0.717) is 17.0 Å². The van der Waals surface area contributed by atoms with E-state index in [9.17, 15) is 13.2 Å². The third-order valence-electron chi connectivity index (χ3n) is 4.79. The number of anilines is 1. The highest BCUT2D eigenvalue weighted by Crippen LogP contribution is 2.51. The van der Waals surface area contributed by atoms with Gasteiger partial charge < -0.3 is 14.8 Å². The third-order valence-corrected chi connectivity index (χ3v) is 5.02. The molecule has 0 aromatic heterocycles. The predicted molar refractivity (Wildman–Crippen MR) is 100 cm³/mol. The molecule has 1 N–H and O–H groups in total. The fourth-order valence-corrected chi connectivity index (χ4v) is 3.27. The number of hydrogen-bond acceptors (Lipinski definition) is 3. The van der Waals surface area contributed by atoms with Crippen LogP contribution in [0.15, 0.2) is 42.5 Å². The van der Waals surface area contributed by atoms with Crippen LogP contribution in [0.4, 0.5) is 18.9 Å². The summed E-state index contributed by atoms with van der Waals surface area (Å²) in [5, 5.41) is 3.21. The van der Waals surface area contributed by atoms with Gasteiger partial charge in [0.05, 0.1) is 7.11 Å². The van der Waals surface area contributed by atoms with Crippen LogP contribution >= 0.6 is 11.6 Å². The Labute approximate surface area is 165 Å². The number of benzene rings is 2. The van der Waals surface area contributed by atoms with Crippen molar-refractivity contribution in [3.8, 4) is 17.6 Å². The second-order valence-electron chi connectivity index (χ2n) is 6.83. The first-order valence-electron chi connectivity index (χ1n) is 8.80. The second-order valence-corrected chi connectivity index (χ2v) is 7.26. The molecule has 1 unspecified atom stereocenters. The highest BCUT2D eigenvalue weighted by molar-refractivity contribution is 6.30. The van der Waals surface area contributed by atoms with Gasteiger partial charge in [0.2, 0.25) is 0 Å². The lowest BCUT2D eigenvalue weighted by molar-refractivity contribution is -0.273. The van der Waals surface area contributed by atoms with Crippen molar-refractivity contribution in [3.63, 3.8) is 0 Å². The lowest BCUT2D eigenvalue weighted by Crippen LogP contribution is -2.48. The van der Waals surface area contributed by atoms with E-state index >= 15 is 0 Å². The number of alkyl halides is 3. The molecule has 0 bridgehead atoms. The molecule has 0 spiro atoms. The second kappa shape index (κ2) is 6.91. The van der Waals surface area contributed by atoms with Gasteiger partial charge in [0, 0.05) is 27.8 Å². The van der Waals surface area contributed by atoms with Crippen LogP contribution in [0, 0.1) is 17.8 Å². The van der Waals surface area contributed by atoms with Crippen molar-refractivity contribution in [2.45, 2.75) is 30.8 Å². The summed E-state index contributed by atoms with van der Waals surface area (Å²) in [6, 6.07) is 11.0. The molecule has 1 saturated carbocycles. The quantitative estimate of drug-likeness (QED) is 0.651. The van der Waals surface area contributed by atoms with Gasteiger partial charge in [-0.1, -0.05) is 35.6 Å². The first kappa shape index (κ1) is 19.0. The summed E-state index contributed by atoms with van der Waals surface area (Å²) in [5.41, 5.74) is -2.06. The van der Waals surface area contributed by atoms with Crippen LogP contribution in [0.3, 0.4) is 0 Å². The van der Waals surface area contributed by atoms with Crippen LogP contribution < -0.4 is 10.1 Å². The van der Waals surface area contributed by atoms with Gasteiger partial charge in [0.25, 0.3) is 5.60 Å². The lowest BCUT2D eigenvalue weighted by Gasteiger charge is -2.41. The van der Waals surface area contributed by atoms with Crippen molar-refractivity contribution < 1.29 is 22.6 Å². The smallest absolute Gasteiger partial charge is 0.433 e. The van der Waals surface area contributed by atoms with Crippen LogP contribution in [0.1, 0.15) is 30.2 Å². The molecule has 7 heteroatoms. The summed E-state index contributed by atoms with van der Waals surface area (Å²) in [7, 11) is 1.52. The summed E-state index contributed by atoms with van der Waals surface area (Å²) in [6.07, 6.45) is -4.16. The van der Waals surface area contributed by atoms with Crippen molar-refractivity contribution in [2.75, 3.05) is 12.4 Å². The standard InChI is InChI=1S/C21H17ClF3NO2/c1-27-16-7-4-14(5-8-16)19-26-18-9-6-15(22)12-17(18)20(28-19,21(23,24)25)11-10-13-2-3-13/h4-9,12-13,19,26H,2-3H2,1H3/t19?,20-/m1/s1. The van der Waals surface area contributed by atoms with E-state index < -0.39 is 18.0 Å². The summed E-state index contributed by atoms with van der Waals surface area (Å²) in [6.45, 7) is 0. The zero-order valence-corrected chi connectivity index (χ0v) is 15.7. The molecule has 2 aliphatic rings. The first-order chi connectivity index (χ1) is 13.3. The Morgan fingerprint density at radius 2 is 1.89 bits per heavy atom. The zero-order chi connectivity index (χ0) is 19.9. The number of methoxy groups -OCH3 is 1. The van der Waals surface area contributed by atoms with E-state index in [1.54, 1.807) is 30.3 Å². The highest BCUT2D eigenvalue weighted by atomic mass is 35.5. The molecule has 1 aliphatic carbocycles. The molecule has 0 saturated heterocycles. The molecular formula is C21H17ClF3NO2. The van der Waals surface area contributed by atoms with Gasteiger partial charge in [-0.3, -0.25) is 0 Å². The molecule has 0 radical (unpaired) electrons. The Kier molecular flexibility index (Phi) is 4.68. The van der Waals surface area contributed by atoms with Gasteiger partial charge in [-0.25, -0.2) is 0 Å². The van der Waals surface area contributed by atoms with Crippen LogP contribution in [-0.4, -0.2) is 13.3 Å². The summed E-state index contributed by atoms with van der Waals surface area (Å²) in [4.78, 5) is 0. The minimum atomic E-state index is -4.75. The summed E-state index contributed by atoms with van der Waals surface area (Å²) in [5.74, 6) is 5.75. The number of hydrogen-bond donors (Lipinski definition) is 1. The maximum absolute atomic E-state index is 14.4. The molecule has 0 amide bonds. The lowest BCUT2D eigenvalue weighted by atomic mass is 9.89. The average Bonchev–Trinajstić information content (AvgIpc) is 3.50. The monoisotopic (exact) mass is 407 g/mol. The molecule has 28 heavy (non-hydrogen) atoms. The molecule has 2 aromatic rings. The van der Waals surface area contributed by atoms with Gasteiger partial charge in [0.1, 0.15) is 5.75 Å². The third kappa shape index (κ3) is 3.41. The number of fused-ring (bicyclic) bond motifs is 1. The Morgan fingerprint density at radius 3 is 2.50 bits per heavy atom. The topological polar surface area (TPSA) is 30.5 Å². The molecular weight excluding hydrogens is 391 g/mol. The maximum Gasteiger partial charge on any atom is 0.433 e. The Hall–Kier alpha value is -2.36. The molecule has 1 heterocycles. The van der Waals surface area contributed by atoms with Crippen molar-refractivity contribution in [2.24, 2.45) is 5.92 Å². The molecule has 1 aliphatic heterocycles. The van der Waals surface area contributed by atoms with Gasteiger partial charge in [0.15, 0.2) is 6.23 Å².